The van der Waals surface area contributed by atoms with Crippen LogP contribution in [0.25, 0.3) is 0 Å². The van der Waals surface area contributed by atoms with Crippen LogP contribution in [-0.2, 0) is 6.61 Å². The maximum atomic E-state index is 9.92. The number of nitrogens with zero attached hydrogens (tertiary/aromatic N) is 1. The van der Waals surface area contributed by atoms with E-state index >= 15 is 0 Å². The third-order valence-corrected chi connectivity index (χ3v) is 4.57. The molecule has 1 fully saturated rings. The van der Waals surface area contributed by atoms with E-state index in [1.54, 1.807) is 7.11 Å². The Kier molecular flexibility index (Phi) is 8.19. The molecule has 0 amide bonds. The maximum Gasteiger partial charge on any atom is 0.161 e. The number of aliphatic hydroxyl groups excluding tert-OH is 1. The van der Waals surface area contributed by atoms with E-state index in [0.717, 1.165) is 37.3 Å². The second kappa shape index (κ2) is 10.4. The molecule has 0 aliphatic carbocycles. The molecular formula is C20H27ClN2O3. The zero-order valence-electron chi connectivity index (χ0n) is 15.1. The van der Waals surface area contributed by atoms with E-state index < -0.39 is 0 Å². The molecule has 2 aromatic rings. The molecule has 2 N–H and O–H groups in total. The number of ether oxygens (including phenoxy) is 2. The van der Waals surface area contributed by atoms with E-state index in [1.807, 2.05) is 48.5 Å². The van der Waals surface area contributed by atoms with Crippen molar-refractivity contribution in [2.45, 2.75) is 12.6 Å². The molecule has 0 aromatic heterocycles. The van der Waals surface area contributed by atoms with Gasteiger partial charge in [-0.2, -0.15) is 0 Å². The van der Waals surface area contributed by atoms with Crippen molar-refractivity contribution in [2.24, 2.45) is 0 Å². The molecule has 6 heteroatoms. The Bertz CT molecular complexity index is 663. The van der Waals surface area contributed by atoms with Gasteiger partial charge in [0, 0.05) is 26.2 Å². The molecule has 1 atom stereocenters. The predicted octanol–water partition coefficient (Wildman–Crippen LogP) is 2.63. The second-order valence-electron chi connectivity index (χ2n) is 6.17. The van der Waals surface area contributed by atoms with Crippen molar-refractivity contribution < 1.29 is 14.6 Å². The van der Waals surface area contributed by atoms with Crippen LogP contribution in [0.5, 0.6) is 11.5 Å². The van der Waals surface area contributed by atoms with Gasteiger partial charge in [-0.1, -0.05) is 36.4 Å². The number of rotatable bonds is 7. The molecular weight excluding hydrogens is 352 g/mol. The van der Waals surface area contributed by atoms with Crippen LogP contribution in [-0.4, -0.2) is 49.9 Å². The van der Waals surface area contributed by atoms with E-state index in [-0.39, 0.29) is 25.1 Å². The molecule has 26 heavy (non-hydrogen) atoms. The highest BCUT2D eigenvalue weighted by molar-refractivity contribution is 5.85. The summed E-state index contributed by atoms with van der Waals surface area (Å²) in [5, 5.41) is 13.3. The Labute approximate surface area is 161 Å². The van der Waals surface area contributed by atoms with Gasteiger partial charge < -0.3 is 19.9 Å². The molecule has 0 spiro atoms. The molecule has 2 aromatic carbocycles. The number of methoxy groups -OCH3 is 1. The molecule has 0 radical (unpaired) electrons. The second-order valence-corrected chi connectivity index (χ2v) is 6.17. The zero-order chi connectivity index (χ0) is 17.5. The Morgan fingerprint density at radius 3 is 2.46 bits per heavy atom. The van der Waals surface area contributed by atoms with Gasteiger partial charge in [0.15, 0.2) is 11.5 Å². The Balaban J connectivity index is 0.00000243. The first kappa shape index (κ1) is 20.5. The molecule has 0 bridgehead atoms. The fourth-order valence-electron chi connectivity index (χ4n) is 3.17. The van der Waals surface area contributed by atoms with Gasteiger partial charge in [-0.05, 0) is 23.3 Å². The Hall–Kier alpha value is -1.79. The van der Waals surface area contributed by atoms with Gasteiger partial charge in [-0.15, -0.1) is 12.4 Å². The molecule has 0 saturated carbocycles. The first-order valence-electron chi connectivity index (χ1n) is 8.72. The molecule has 0 unspecified atom stereocenters. The van der Waals surface area contributed by atoms with Gasteiger partial charge in [0.25, 0.3) is 0 Å². The SMILES string of the molecule is COc1ccc([C@@H](CO)N2CCNCC2)cc1OCc1ccccc1.Cl. The maximum absolute atomic E-state index is 9.92. The summed E-state index contributed by atoms with van der Waals surface area (Å²) in [6.45, 7) is 4.32. The van der Waals surface area contributed by atoms with Gasteiger partial charge in [0.05, 0.1) is 19.8 Å². The third kappa shape index (κ3) is 5.11. The van der Waals surface area contributed by atoms with E-state index in [0.29, 0.717) is 18.1 Å². The smallest absolute Gasteiger partial charge is 0.161 e. The summed E-state index contributed by atoms with van der Waals surface area (Å²) in [6, 6.07) is 16.0. The monoisotopic (exact) mass is 378 g/mol. The quantitative estimate of drug-likeness (QED) is 0.775. The van der Waals surface area contributed by atoms with E-state index in [9.17, 15) is 5.11 Å². The number of hydrogen-bond donors (Lipinski definition) is 2. The van der Waals surface area contributed by atoms with E-state index in [1.165, 1.54) is 0 Å². The average Bonchev–Trinajstić information content (AvgIpc) is 2.69. The molecule has 1 aliphatic heterocycles. The molecule has 1 aliphatic rings. The van der Waals surface area contributed by atoms with Gasteiger partial charge in [-0.3, -0.25) is 4.90 Å². The van der Waals surface area contributed by atoms with Gasteiger partial charge in [-0.25, -0.2) is 0 Å². The summed E-state index contributed by atoms with van der Waals surface area (Å²) in [7, 11) is 1.64. The normalized spacial score (nSPS) is 15.8. The number of nitrogens with one attached hydrogen (secondary N) is 1. The molecule has 1 heterocycles. The summed E-state index contributed by atoms with van der Waals surface area (Å²) >= 11 is 0. The van der Waals surface area contributed by atoms with Crippen molar-refractivity contribution in [1.29, 1.82) is 0 Å². The summed E-state index contributed by atoms with van der Waals surface area (Å²) in [6.07, 6.45) is 0. The van der Waals surface area contributed by atoms with Crippen LogP contribution >= 0.6 is 12.4 Å². The number of benzene rings is 2. The summed E-state index contributed by atoms with van der Waals surface area (Å²) in [5.41, 5.74) is 2.16. The summed E-state index contributed by atoms with van der Waals surface area (Å²) in [5.74, 6) is 1.41. The van der Waals surface area contributed by atoms with Gasteiger partial charge in [0.2, 0.25) is 0 Å². The highest BCUT2D eigenvalue weighted by Gasteiger charge is 2.22. The molecule has 1 saturated heterocycles. The lowest BCUT2D eigenvalue weighted by atomic mass is 10.0. The number of halogens is 1. The first-order chi connectivity index (χ1) is 12.3. The molecule has 5 nitrogen and oxygen atoms in total. The predicted molar refractivity (Wildman–Crippen MR) is 105 cm³/mol. The van der Waals surface area contributed by atoms with Crippen LogP contribution in [0.1, 0.15) is 17.2 Å². The van der Waals surface area contributed by atoms with Crippen molar-refractivity contribution in [2.75, 3.05) is 39.9 Å². The minimum Gasteiger partial charge on any atom is -0.493 e. The third-order valence-electron chi connectivity index (χ3n) is 4.57. The van der Waals surface area contributed by atoms with Gasteiger partial charge in [0.1, 0.15) is 6.61 Å². The summed E-state index contributed by atoms with van der Waals surface area (Å²) in [4.78, 5) is 2.30. The molecule has 142 valence electrons. The van der Waals surface area contributed by atoms with Gasteiger partial charge >= 0.3 is 0 Å². The standard InChI is InChI=1S/C20H26N2O3.ClH/c1-24-19-8-7-17(18(14-23)22-11-9-21-10-12-22)13-20(19)25-15-16-5-3-2-4-6-16;/h2-8,13,18,21,23H,9-12,14-15H2,1H3;1H/t18-;/m1./s1. The van der Waals surface area contributed by atoms with Crippen molar-refractivity contribution >= 4 is 12.4 Å². The zero-order valence-corrected chi connectivity index (χ0v) is 15.9. The van der Waals surface area contributed by atoms with E-state index in [2.05, 4.69) is 10.2 Å². The first-order valence-corrected chi connectivity index (χ1v) is 8.72. The summed E-state index contributed by atoms with van der Waals surface area (Å²) < 4.78 is 11.4. The topological polar surface area (TPSA) is 54.0 Å². The minimum atomic E-state index is -0.0212. The van der Waals surface area contributed by atoms with Crippen molar-refractivity contribution in [3.05, 3.63) is 59.7 Å². The molecule has 3 rings (SSSR count). The van der Waals surface area contributed by atoms with Crippen molar-refractivity contribution in [3.63, 3.8) is 0 Å². The largest absolute Gasteiger partial charge is 0.493 e. The van der Waals surface area contributed by atoms with Crippen LogP contribution in [0.3, 0.4) is 0 Å². The fourth-order valence-corrected chi connectivity index (χ4v) is 3.17. The number of hydrogen-bond acceptors (Lipinski definition) is 5. The highest BCUT2D eigenvalue weighted by Crippen LogP contribution is 2.32. The van der Waals surface area contributed by atoms with Crippen LogP contribution in [0, 0.1) is 0 Å². The highest BCUT2D eigenvalue weighted by atomic mass is 35.5. The Morgan fingerprint density at radius 2 is 1.81 bits per heavy atom. The lowest BCUT2D eigenvalue weighted by molar-refractivity contribution is 0.110. The minimum absolute atomic E-state index is 0. The lowest BCUT2D eigenvalue weighted by Gasteiger charge is -2.34. The lowest BCUT2D eigenvalue weighted by Crippen LogP contribution is -2.46. The number of piperazine rings is 1. The van der Waals surface area contributed by atoms with E-state index in [4.69, 9.17) is 9.47 Å². The van der Waals surface area contributed by atoms with Crippen molar-refractivity contribution in [3.8, 4) is 11.5 Å². The van der Waals surface area contributed by atoms with Crippen LogP contribution < -0.4 is 14.8 Å². The average molecular weight is 379 g/mol. The van der Waals surface area contributed by atoms with Crippen molar-refractivity contribution in [1.82, 2.24) is 10.2 Å². The number of aliphatic hydroxyl groups is 1. The fraction of sp³-hybridized carbons (Fsp3) is 0.400. The van der Waals surface area contributed by atoms with Crippen LogP contribution in [0.15, 0.2) is 48.5 Å². The van der Waals surface area contributed by atoms with Crippen LogP contribution in [0.2, 0.25) is 0 Å². The van der Waals surface area contributed by atoms with Crippen LogP contribution in [0.4, 0.5) is 0 Å². The Morgan fingerprint density at radius 1 is 1.08 bits per heavy atom.